The summed E-state index contributed by atoms with van der Waals surface area (Å²) in [5.41, 5.74) is 3.94. The summed E-state index contributed by atoms with van der Waals surface area (Å²) in [6, 6.07) is -1.28. The minimum atomic E-state index is -1.06. The van der Waals surface area contributed by atoms with Crippen LogP contribution in [-0.2, 0) is 19.1 Å². The molecular weight excluding hydrogens is 354 g/mol. The second-order valence-corrected chi connectivity index (χ2v) is 9.10. The Bertz CT molecular complexity index is 648. The average Bonchev–Trinajstić information content (AvgIpc) is 3.13. The number of fused-ring (bicyclic) bond motifs is 1. The number of nitrogens with one attached hydrogen (secondary N) is 1. The molecule has 9 nitrogen and oxygen atoms in total. The third-order valence-electron chi connectivity index (χ3n) is 4.32. The number of hydrogen-bond acceptors (Lipinski definition) is 6. The smallest absolute Gasteiger partial charge is 0.417 e. The highest BCUT2D eigenvalue weighted by Crippen LogP contribution is 2.51. The highest BCUT2D eigenvalue weighted by atomic mass is 16.6. The van der Waals surface area contributed by atoms with Crippen molar-refractivity contribution in [1.82, 2.24) is 10.2 Å². The van der Waals surface area contributed by atoms with Gasteiger partial charge in [0.2, 0.25) is 11.8 Å². The van der Waals surface area contributed by atoms with Gasteiger partial charge in [-0.05, 0) is 60.3 Å². The van der Waals surface area contributed by atoms with E-state index in [1.165, 1.54) is 0 Å². The number of nitrogens with zero attached hydrogens (tertiary/aromatic N) is 1. The molecule has 0 bridgehead atoms. The maximum Gasteiger partial charge on any atom is 0.417 e. The molecule has 0 unspecified atom stereocenters. The van der Waals surface area contributed by atoms with Crippen molar-refractivity contribution in [3.05, 3.63) is 0 Å². The van der Waals surface area contributed by atoms with Crippen molar-refractivity contribution in [3.8, 4) is 0 Å². The predicted octanol–water partition coefficient (Wildman–Crippen LogP) is 1.54. The molecule has 2 rings (SSSR count). The maximum absolute atomic E-state index is 12.7. The fraction of sp³-hybridized carbons (Fsp3) is 0.778. The van der Waals surface area contributed by atoms with Crippen LogP contribution in [0.3, 0.4) is 0 Å². The molecule has 0 aromatic carbocycles. The molecule has 2 fully saturated rings. The van der Waals surface area contributed by atoms with Gasteiger partial charge in [0, 0.05) is 12.0 Å². The molecule has 27 heavy (non-hydrogen) atoms. The van der Waals surface area contributed by atoms with Gasteiger partial charge in [-0.25, -0.2) is 14.5 Å². The van der Waals surface area contributed by atoms with Crippen molar-refractivity contribution in [2.24, 2.45) is 17.6 Å². The van der Waals surface area contributed by atoms with Crippen LogP contribution in [0.2, 0.25) is 0 Å². The molecule has 4 atom stereocenters. The van der Waals surface area contributed by atoms with Crippen LogP contribution in [0, 0.1) is 11.8 Å². The van der Waals surface area contributed by atoms with E-state index < -0.39 is 47.2 Å². The summed E-state index contributed by atoms with van der Waals surface area (Å²) in [6.45, 7) is 10.3. The first-order valence-corrected chi connectivity index (χ1v) is 9.04. The van der Waals surface area contributed by atoms with E-state index in [4.69, 9.17) is 15.2 Å². The van der Waals surface area contributed by atoms with Gasteiger partial charge in [0.15, 0.2) is 0 Å². The maximum atomic E-state index is 12.7. The Morgan fingerprint density at radius 2 is 1.70 bits per heavy atom. The summed E-state index contributed by atoms with van der Waals surface area (Å²) >= 11 is 0. The number of nitrogens with two attached hydrogens (primary N) is 1. The molecule has 0 radical (unpaired) electrons. The molecule has 1 saturated heterocycles. The number of piperidine rings is 1. The normalized spacial score (nSPS) is 25.5. The minimum Gasteiger partial charge on any atom is -0.444 e. The van der Waals surface area contributed by atoms with E-state index in [1.54, 1.807) is 41.5 Å². The lowest BCUT2D eigenvalue weighted by Crippen LogP contribution is -2.48. The van der Waals surface area contributed by atoms with E-state index in [9.17, 15) is 19.2 Å². The van der Waals surface area contributed by atoms with Gasteiger partial charge < -0.3 is 20.5 Å². The van der Waals surface area contributed by atoms with Crippen molar-refractivity contribution >= 4 is 24.0 Å². The number of rotatable bonds is 4. The Balaban J connectivity index is 2.03. The Morgan fingerprint density at radius 1 is 1.15 bits per heavy atom. The van der Waals surface area contributed by atoms with Gasteiger partial charge >= 0.3 is 12.2 Å². The van der Waals surface area contributed by atoms with E-state index in [1.807, 2.05) is 0 Å². The molecular formula is C18H29N3O6. The highest BCUT2D eigenvalue weighted by molar-refractivity contribution is 5.98. The monoisotopic (exact) mass is 383 g/mol. The lowest BCUT2D eigenvalue weighted by atomic mass is 9.95. The second-order valence-electron chi connectivity index (χ2n) is 9.10. The van der Waals surface area contributed by atoms with Crippen LogP contribution in [0.1, 0.15) is 54.4 Å². The number of carbonyl (C=O) groups excluding carboxylic acids is 4. The zero-order valence-electron chi connectivity index (χ0n) is 16.7. The largest absolute Gasteiger partial charge is 0.444 e. The van der Waals surface area contributed by atoms with Crippen LogP contribution in [0.25, 0.3) is 0 Å². The Hall–Kier alpha value is -2.32. The SMILES string of the molecule is CC(C)(C)OC(=O)N[C@@H](C[C@H]1C(=O)N(C(=O)OC(C)(C)C)[C@@H]2C[C@@H]21)C(N)=O. The molecule has 4 amide bonds. The third-order valence-corrected chi connectivity index (χ3v) is 4.32. The van der Waals surface area contributed by atoms with Gasteiger partial charge in [-0.1, -0.05) is 0 Å². The van der Waals surface area contributed by atoms with Gasteiger partial charge in [0.25, 0.3) is 0 Å². The number of likely N-dealkylation sites (tertiary alicyclic amines) is 1. The fourth-order valence-corrected chi connectivity index (χ4v) is 3.22. The molecule has 3 N–H and O–H groups in total. The summed E-state index contributed by atoms with van der Waals surface area (Å²) in [4.78, 5) is 49.8. The molecule has 152 valence electrons. The number of alkyl carbamates (subject to hydrolysis) is 1. The number of amides is 4. The molecule has 2 aliphatic rings. The molecule has 9 heteroatoms. The van der Waals surface area contributed by atoms with Crippen LogP contribution in [0.15, 0.2) is 0 Å². The summed E-state index contributed by atoms with van der Waals surface area (Å²) in [5, 5.41) is 2.42. The van der Waals surface area contributed by atoms with Gasteiger partial charge in [-0.15, -0.1) is 0 Å². The van der Waals surface area contributed by atoms with E-state index in [2.05, 4.69) is 5.32 Å². The topological polar surface area (TPSA) is 128 Å². The first-order valence-electron chi connectivity index (χ1n) is 9.04. The van der Waals surface area contributed by atoms with Crippen LogP contribution in [0.5, 0.6) is 0 Å². The number of primary amides is 1. The van der Waals surface area contributed by atoms with Gasteiger partial charge in [0.05, 0.1) is 0 Å². The summed E-state index contributed by atoms with van der Waals surface area (Å²) < 4.78 is 10.4. The minimum absolute atomic E-state index is 0.0217. The Morgan fingerprint density at radius 3 is 2.19 bits per heavy atom. The lowest BCUT2D eigenvalue weighted by molar-refractivity contribution is -0.132. The van der Waals surface area contributed by atoms with Crippen molar-refractivity contribution in [2.45, 2.75) is 77.7 Å². The van der Waals surface area contributed by atoms with Crippen LogP contribution >= 0.6 is 0 Å². The molecule has 1 heterocycles. The number of carbonyl (C=O) groups is 4. The summed E-state index contributed by atoms with van der Waals surface area (Å²) in [5.74, 6) is -1.79. The van der Waals surface area contributed by atoms with Crippen LogP contribution < -0.4 is 11.1 Å². The summed E-state index contributed by atoms with van der Waals surface area (Å²) in [7, 11) is 0. The van der Waals surface area contributed by atoms with Crippen molar-refractivity contribution < 1.29 is 28.7 Å². The van der Waals surface area contributed by atoms with Crippen molar-refractivity contribution in [2.75, 3.05) is 0 Å². The number of imide groups is 1. The molecule has 1 aliphatic heterocycles. The predicted molar refractivity (Wildman–Crippen MR) is 95.4 cm³/mol. The Labute approximate surface area is 158 Å². The van der Waals surface area contributed by atoms with E-state index >= 15 is 0 Å². The third kappa shape index (κ3) is 5.33. The lowest BCUT2D eigenvalue weighted by Gasteiger charge is -2.26. The van der Waals surface area contributed by atoms with E-state index in [-0.39, 0.29) is 18.4 Å². The fourth-order valence-electron chi connectivity index (χ4n) is 3.22. The zero-order chi connectivity index (χ0) is 20.7. The zero-order valence-corrected chi connectivity index (χ0v) is 16.7. The number of hydrogen-bond donors (Lipinski definition) is 2. The van der Waals surface area contributed by atoms with Crippen LogP contribution in [0.4, 0.5) is 9.59 Å². The summed E-state index contributed by atoms with van der Waals surface area (Å²) in [6.07, 6.45) is -0.784. The average molecular weight is 383 g/mol. The molecule has 1 saturated carbocycles. The molecule has 0 spiro atoms. The molecule has 0 aromatic heterocycles. The quantitative estimate of drug-likeness (QED) is 0.758. The molecule has 0 aromatic rings. The standard InChI is InChI=1S/C18H29N3O6/c1-17(2,3)26-15(24)20-11(13(19)22)7-10-9-8-12(9)21(14(10)23)16(25)27-18(4,5)6/h9-12H,7-8H2,1-6H3,(H2,19,22)(H,20,24)/t9-,10-,11+,12-/m1/s1. The van der Waals surface area contributed by atoms with Crippen LogP contribution in [-0.4, -0.2) is 52.2 Å². The first kappa shape index (κ1) is 21.0. The highest BCUT2D eigenvalue weighted by Gasteiger charge is 2.61. The second kappa shape index (κ2) is 7.01. The van der Waals surface area contributed by atoms with Crippen molar-refractivity contribution in [1.29, 1.82) is 0 Å². The number of ether oxygens (including phenoxy) is 2. The van der Waals surface area contributed by atoms with E-state index in [0.29, 0.717) is 6.42 Å². The molecule has 1 aliphatic carbocycles. The van der Waals surface area contributed by atoms with Gasteiger partial charge in [-0.3, -0.25) is 9.59 Å². The first-order chi connectivity index (χ1) is 12.2. The Kier molecular flexibility index (Phi) is 5.45. The van der Waals surface area contributed by atoms with Gasteiger partial charge in [-0.2, -0.15) is 0 Å². The van der Waals surface area contributed by atoms with Gasteiger partial charge in [0.1, 0.15) is 17.2 Å². The van der Waals surface area contributed by atoms with Crippen molar-refractivity contribution in [3.63, 3.8) is 0 Å². The van der Waals surface area contributed by atoms with E-state index in [0.717, 1.165) is 4.90 Å².